The predicted molar refractivity (Wildman–Crippen MR) is 87.7 cm³/mol. The molecule has 0 atom stereocenters. The lowest BCUT2D eigenvalue weighted by atomic mass is 9.97. The van der Waals surface area contributed by atoms with Crippen molar-refractivity contribution in [3.8, 4) is 5.75 Å². The molecule has 1 N–H and O–H groups in total. The van der Waals surface area contributed by atoms with E-state index >= 15 is 0 Å². The maximum atomic E-state index is 13.8. The van der Waals surface area contributed by atoms with E-state index in [0.717, 1.165) is 13.1 Å². The quantitative estimate of drug-likeness (QED) is 0.747. The number of nitrogens with one attached hydrogen (secondary N) is 1. The average Bonchev–Trinajstić information content (AvgIpc) is 2.47. The molecule has 7 nitrogen and oxygen atoms in total. The molecule has 1 aromatic carbocycles. The molecular weight excluding hydrogens is 378 g/mol. The van der Waals surface area contributed by atoms with Crippen molar-refractivity contribution in [3.63, 3.8) is 0 Å². The Hall–Kier alpha value is -1.30. The minimum absolute atomic E-state index is 0.166. The molecule has 1 aliphatic heterocycles. The smallest absolute Gasteiger partial charge is 0.358 e. The van der Waals surface area contributed by atoms with Crippen molar-refractivity contribution in [1.29, 1.82) is 0 Å². The Kier molecular flexibility index (Phi) is 5.71. The SMILES string of the molecule is Cc1c(CN2CCNCC2)c(C)c(S(=O)(=O)F)c(C)c1OS(=O)(=O)F. The number of halogens is 2. The molecule has 0 amide bonds. The fourth-order valence-corrected chi connectivity index (χ4v) is 4.54. The van der Waals surface area contributed by atoms with Crippen LogP contribution in [0.15, 0.2) is 4.90 Å². The maximum Gasteiger partial charge on any atom is 0.488 e. The molecule has 0 unspecified atom stereocenters. The number of piperazine rings is 1. The summed E-state index contributed by atoms with van der Waals surface area (Å²) in [5.74, 6) is -0.491. The molecule has 1 aliphatic rings. The van der Waals surface area contributed by atoms with E-state index in [9.17, 15) is 24.6 Å². The van der Waals surface area contributed by atoms with E-state index in [4.69, 9.17) is 0 Å². The Morgan fingerprint density at radius 3 is 2.04 bits per heavy atom. The fraction of sp³-hybridized carbons (Fsp3) is 0.571. The topological polar surface area (TPSA) is 92.8 Å². The third kappa shape index (κ3) is 4.66. The van der Waals surface area contributed by atoms with Crippen LogP contribution in [0.25, 0.3) is 0 Å². The summed E-state index contributed by atoms with van der Waals surface area (Å²) in [5.41, 5.74) is 0.562. The summed E-state index contributed by atoms with van der Waals surface area (Å²) in [6.45, 7) is 7.22. The van der Waals surface area contributed by atoms with Crippen LogP contribution in [-0.2, 0) is 27.3 Å². The molecule has 0 saturated carbocycles. The van der Waals surface area contributed by atoms with Gasteiger partial charge in [0.05, 0.1) is 0 Å². The average molecular weight is 398 g/mol. The number of benzene rings is 1. The highest BCUT2D eigenvalue weighted by molar-refractivity contribution is 7.86. The zero-order chi connectivity index (χ0) is 19.0. The summed E-state index contributed by atoms with van der Waals surface area (Å²) in [5, 5.41) is 3.17. The first kappa shape index (κ1) is 20.0. The second-order valence-electron chi connectivity index (χ2n) is 5.95. The van der Waals surface area contributed by atoms with Crippen molar-refractivity contribution in [2.45, 2.75) is 32.2 Å². The third-order valence-corrected chi connectivity index (χ3v) is 5.75. The lowest BCUT2D eigenvalue weighted by Crippen LogP contribution is -2.43. The summed E-state index contributed by atoms with van der Waals surface area (Å²) >= 11 is 0. The van der Waals surface area contributed by atoms with Crippen LogP contribution in [-0.4, -0.2) is 47.9 Å². The van der Waals surface area contributed by atoms with Crippen molar-refractivity contribution >= 4 is 20.7 Å². The van der Waals surface area contributed by atoms with Crippen molar-refractivity contribution in [3.05, 3.63) is 22.3 Å². The van der Waals surface area contributed by atoms with E-state index in [-0.39, 0.29) is 23.2 Å². The van der Waals surface area contributed by atoms with Gasteiger partial charge in [-0.25, -0.2) is 0 Å². The summed E-state index contributed by atoms with van der Waals surface area (Å²) in [6.07, 6.45) is 0. The van der Waals surface area contributed by atoms with Crippen molar-refractivity contribution in [2.75, 3.05) is 26.2 Å². The van der Waals surface area contributed by atoms with Gasteiger partial charge in [0.1, 0.15) is 4.90 Å². The minimum atomic E-state index is -5.39. The summed E-state index contributed by atoms with van der Waals surface area (Å²) in [7, 11) is -10.5. The zero-order valence-corrected chi connectivity index (χ0v) is 15.7. The Labute approximate surface area is 146 Å². The standard InChI is InChI=1S/C14H20F2N2O5S2/c1-9-12(8-18-6-4-17-5-7-18)10(2)14(24(15,19)20)11(3)13(9)23-25(16,21)22/h17H,4-8H2,1-3H3. The summed E-state index contributed by atoms with van der Waals surface area (Å²) in [4.78, 5) is 1.32. The number of hydrogen-bond donors (Lipinski definition) is 1. The van der Waals surface area contributed by atoms with Gasteiger partial charge in [-0.05, 0) is 37.5 Å². The number of rotatable bonds is 5. The van der Waals surface area contributed by atoms with Crippen LogP contribution < -0.4 is 9.50 Å². The molecule has 142 valence electrons. The second kappa shape index (κ2) is 7.14. The van der Waals surface area contributed by atoms with Crippen LogP contribution in [0.2, 0.25) is 0 Å². The Balaban J connectivity index is 2.66. The molecule has 0 radical (unpaired) electrons. The van der Waals surface area contributed by atoms with E-state index in [0.29, 0.717) is 18.7 Å². The van der Waals surface area contributed by atoms with Gasteiger partial charge in [0.25, 0.3) is 0 Å². The fourth-order valence-electron chi connectivity index (χ4n) is 3.14. The van der Waals surface area contributed by atoms with Gasteiger partial charge in [0, 0.05) is 38.3 Å². The molecule has 1 saturated heterocycles. The van der Waals surface area contributed by atoms with Crippen molar-refractivity contribution in [2.24, 2.45) is 0 Å². The second-order valence-corrected chi connectivity index (χ2v) is 8.19. The van der Waals surface area contributed by atoms with Gasteiger partial charge in [-0.2, -0.15) is 16.8 Å². The Morgan fingerprint density at radius 1 is 1.00 bits per heavy atom. The van der Waals surface area contributed by atoms with Crippen LogP contribution in [0.3, 0.4) is 0 Å². The zero-order valence-electron chi connectivity index (χ0n) is 14.1. The Bertz CT molecular complexity index is 879. The van der Waals surface area contributed by atoms with Gasteiger partial charge in [0.2, 0.25) is 0 Å². The molecule has 2 rings (SSSR count). The number of hydrogen-bond acceptors (Lipinski definition) is 7. The molecule has 1 heterocycles. The molecule has 0 bridgehead atoms. The molecule has 1 aromatic rings. The first-order chi connectivity index (χ1) is 11.4. The molecule has 0 aromatic heterocycles. The van der Waals surface area contributed by atoms with Crippen LogP contribution >= 0.6 is 0 Å². The molecule has 25 heavy (non-hydrogen) atoms. The van der Waals surface area contributed by atoms with E-state index in [1.807, 2.05) is 4.90 Å². The van der Waals surface area contributed by atoms with Gasteiger partial charge in [-0.15, -0.1) is 3.89 Å². The first-order valence-electron chi connectivity index (χ1n) is 7.56. The highest BCUT2D eigenvalue weighted by Crippen LogP contribution is 2.38. The van der Waals surface area contributed by atoms with Crippen LogP contribution in [0.1, 0.15) is 22.3 Å². The highest BCUT2D eigenvalue weighted by atomic mass is 32.3. The summed E-state index contributed by atoms with van der Waals surface area (Å²) < 4.78 is 76.1. The van der Waals surface area contributed by atoms with Crippen LogP contribution in [0.4, 0.5) is 7.77 Å². The minimum Gasteiger partial charge on any atom is -0.358 e. The van der Waals surface area contributed by atoms with Gasteiger partial charge < -0.3 is 9.50 Å². The van der Waals surface area contributed by atoms with Gasteiger partial charge in [-0.1, -0.05) is 3.89 Å². The van der Waals surface area contributed by atoms with Gasteiger partial charge >= 0.3 is 20.7 Å². The Morgan fingerprint density at radius 2 is 1.56 bits per heavy atom. The van der Waals surface area contributed by atoms with Gasteiger partial charge in [0.15, 0.2) is 5.75 Å². The maximum absolute atomic E-state index is 13.8. The van der Waals surface area contributed by atoms with Crippen LogP contribution in [0, 0.1) is 20.8 Å². The highest BCUT2D eigenvalue weighted by Gasteiger charge is 2.29. The predicted octanol–water partition coefficient (Wildman–Crippen LogP) is 1.27. The molecule has 11 heteroatoms. The first-order valence-corrected chi connectivity index (χ1v) is 10.3. The largest absolute Gasteiger partial charge is 0.488 e. The summed E-state index contributed by atoms with van der Waals surface area (Å²) in [6, 6.07) is 0. The van der Waals surface area contributed by atoms with Crippen molar-refractivity contribution in [1.82, 2.24) is 10.2 Å². The van der Waals surface area contributed by atoms with E-state index < -0.39 is 31.4 Å². The van der Waals surface area contributed by atoms with E-state index in [1.165, 1.54) is 20.8 Å². The van der Waals surface area contributed by atoms with E-state index in [1.54, 1.807) is 0 Å². The molecule has 0 aliphatic carbocycles. The molecular formula is C14H20F2N2O5S2. The third-order valence-electron chi connectivity index (χ3n) is 4.29. The monoisotopic (exact) mass is 398 g/mol. The lowest BCUT2D eigenvalue weighted by molar-refractivity contribution is 0.232. The van der Waals surface area contributed by atoms with E-state index in [2.05, 4.69) is 9.50 Å². The lowest BCUT2D eigenvalue weighted by Gasteiger charge is -2.29. The van der Waals surface area contributed by atoms with Crippen LogP contribution in [0.5, 0.6) is 5.75 Å². The number of nitrogens with zero attached hydrogens (tertiary/aromatic N) is 1. The molecule has 0 spiro atoms. The van der Waals surface area contributed by atoms with Crippen molar-refractivity contribution < 1.29 is 28.8 Å². The van der Waals surface area contributed by atoms with Gasteiger partial charge in [-0.3, -0.25) is 4.90 Å². The molecule has 1 fully saturated rings. The normalized spacial score (nSPS) is 16.8.